The molecule has 1 nitrogen and oxygen atoms in total. The molecule has 0 fully saturated rings. The molecule has 0 amide bonds. The summed E-state index contributed by atoms with van der Waals surface area (Å²) in [5.41, 5.74) is 5.75. The van der Waals surface area contributed by atoms with Crippen molar-refractivity contribution in [2.75, 3.05) is 7.05 Å². The van der Waals surface area contributed by atoms with Gasteiger partial charge in [0.05, 0.1) is 0 Å². The van der Waals surface area contributed by atoms with Crippen LogP contribution < -0.4 is 0 Å². The van der Waals surface area contributed by atoms with Crippen molar-refractivity contribution in [3.8, 4) is 0 Å². The summed E-state index contributed by atoms with van der Waals surface area (Å²) in [6.07, 6.45) is 4.08. The minimum absolute atomic E-state index is 0. The molecule has 0 aliphatic rings. The van der Waals surface area contributed by atoms with Crippen LogP contribution in [-0.4, -0.2) is 7.05 Å². The summed E-state index contributed by atoms with van der Waals surface area (Å²) in [6.45, 7) is 6.80. The summed E-state index contributed by atoms with van der Waals surface area (Å²) in [5.74, 6) is 0.949. The van der Waals surface area contributed by atoms with Crippen LogP contribution in [0.5, 0.6) is 0 Å². The first-order valence-corrected chi connectivity index (χ1v) is 3.81. The molecular weight excluding hydrogens is 211 g/mol. The monoisotopic (exact) mass is 234 g/mol. The van der Waals surface area contributed by atoms with Gasteiger partial charge in [-0.05, 0) is 5.92 Å². The van der Waals surface area contributed by atoms with E-state index in [1.54, 1.807) is 0 Å². The van der Waals surface area contributed by atoms with Crippen LogP contribution in [0.15, 0.2) is 0 Å². The van der Waals surface area contributed by atoms with E-state index in [0.29, 0.717) is 0 Å². The molecule has 1 atom stereocenters. The van der Waals surface area contributed by atoms with Crippen LogP contribution in [0.3, 0.4) is 0 Å². The van der Waals surface area contributed by atoms with Crippen LogP contribution in [0.25, 0.3) is 5.73 Å². The van der Waals surface area contributed by atoms with Crippen LogP contribution in [0.4, 0.5) is 0 Å². The van der Waals surface area contributed by atoms with Gasteiger partial charge in [-0.15, -0.1) is 0 Å². The molecule has 0 bridgehead atoms. The van der Waals surface area contributed by atoms with Gasteiger partial charge in [-0.25, -0.2) is 0 Å². The first-order valence-electron chi connectivity index (χ1n) is 3.81. The Balaban J connectivity index is -0.0000000564. The maximum atomic E-state index is 5.75. The van der Waals surface area contributed by atoms with Crippen molar-refractivity contribution < 1.29 is 32.7 Å². The van der Waals surface area contributed by atoms with Crippen LogP contribution in [-0.2, 0) is 32.7 Å². The van der Waals surface area contributed by atoms with E-state index < -0.39 is 0 Å². The molecule has 0 aromatic heterocycles. The van der Waals surface area contributed by atoms with Crippen LogP contribution >= 0.6 is 0 Å². The molecule has 0 aromatic rings. The van der Waals surface area contributed by atoms with E-state index in [1.807, 2.05) is 0 Å². The smallest absolute Gasteiger partial charge is 0 e. The maximum Gasteiger partial charge on any atom is 0 e. The molecule has 0 saturated carbocycles. The first-order chi connectivity index (χ1) is 4.31. The normalized spacial score (nSPS) is 9.55. The van der Waals surface area contributed by atoms with Gasteiger partial charge in [0.2, 0.25) is 0 Å². The fraction of sp³-hybridized carbons (Fsp3) is 0.889. The molecular formula is C9H23NY-2. The Kier molecular flexibility index (Phi) is 46.4. The number of nitrogens with one attached hydrogen (secondary N) is 1. The zero-order chi connectivity index (χ0) is 7.70. The Labute approximate surface area is 98.4 Å². The molecule has 0 aliphatic heterocycles. The largest absolute Gasteiger partial charge is 0.680 e. The third kappa shape index (κ3) is 24.7. The van der Waals surface area contributed by atoms with Gasteiger partial charge in [0.15, 0.2) is 0 Å². The average molecular weight is 234 g/mol. The minimum atomic E-state index is 0. The molecule has 0 aliphatic carbocycles. The molecule has 0 heterocycles. The predicted molar refractivity (Wildman–Crippen MR) is 51.0 cm³/mol. The Morgan fingerprint density at radius 1 is 1.18 bits per heavy atom. The topological polar surface area (TPSA) is 23.8 Å². The molecule has 69 valence electrons. The molecule has 0 spiro atoms. The van der Waals surface area contributed by atoms with E-state index >= 15 is 0 Å². The second-order valence-electron chi connectivity index (χ2n) is 2.30. The Hall–Kier alpha value is 1.06. The summed E-state index contributed by atoms with van der Waals surface area (Å²) in [6, 6.07) is 0. The van der Waals surface area contributed by atoms with E-state index in [9.17, 15) is 0 Å². The molecule has 0 saturated heterocycles. The van der Waals surface area contributed by atoms with Crippen molar-refractivity contribution in [1.29, 1.82) is 0 Å². The fourth-order valence-electron chi connectivity index (χ4n) is 0.697. The number of hydrogen-bond acceptors (Lipinski definition) is 0. The SMILES string of the molecule is CCCC(C)CC.C[NH-].[CH3-].[Y]. The number of hydrogen-bond donors (Lipinski definition) is 0. The van der Waals surface area contributed by atoms with E-state index in [-0.39, 0.29) is 40.1 Å². The molecule has 1 radical (unpaired) electrons. The van der Waals surface area contributed by atoms with Crippen molar-refractivity contribution in [2.45, 2.75) is 40.0 Å². The molecule has 0 aromatic carbocycles. The Morgan fingerprint density at radius 3 is 1.64 bits per heavy atom. The summed E-state index contributed by atoms with van der Waals surface area (Å²) in [5, 5.41) is 0. The third-order valence-electron chi connectivity index (χ3n) is 1.48. The Morgan fingerprint density at radius 2 is 1.55 bits per heavy atom. The van der Waals surface area contributed by atoms with Crippen molar-refractivity contribution in [3.63, 3.8) is 0 Å². The van der Waals surface area contributed by atoms with Gasteiger partial charge in [0.1, 0.15) is 0 Å². The summed E-state index contributed by atoms with van der Waals surface area (Å²) >= 11 is 0. The molecule has 2 heteroatoms. The Bertz CT molecular complexity index is 40.5. The van der Waals surface area contributed by atoms with E-state index in [2.05, 4.69) is 20.8 Å². The van der Waals surface area contributed by atoms with E-state index in [0.717, 1.165) is 5.92 Å². The van der Waals surface area contributed by atoms with Gasteiger partial charge in [0.25, 0.3) is 0 Å². The zero-order valence-corrected chi connectivity index (χ0v) is 11.6. The maximum absolute atomic E-state index is 5.75. The average Bonchev–Trinajstić information content (AvgIpc) is 1.93. The van der Waals surface area contributed by atoms with Crippen molar-refractivity contribution in [1.82, 2.24) is 0 Å². The van der Waals surface area contributed by atoms with Gasteiger partial charge in [0, 0.05) is 32.7 Å². The van der Waals surface area contributed by atoms with Crippen LogP contribution in [0.1, 0.15) is 40.0 Å². The fourth-order valence-corrected chi connectivity index (χ4v) is 0.697. The quantitative estimate of drug-likeness (QED) is 0.660. The molecule has 0 rings (SSSR count). The van der Waals surface area contributed by atoms with E-state index in [1.165, 1.54) is 26.3 Å². The number of rotatable bonds is 3. The van der Waals surface area contributed by atoms with Crippen molar-refractivity contribution in [2.24, 2.45) is 5.92 Å². The molecule has 1 unspecified atom stereocenters. The molecule has 11 heavy (non-hydrogen) atoms. The van der Waals surface area contributed by atoms with Crippen molar-refractivity contribution in [3.05, 3.63) is 13.2 Å². The van der Waals surface area contributed by atoms with Gasteiger partial charge in [-0.3, -0.25) is 0 Å². The summed E-state index contributed by atoms with van der Waals surface area (Å²) < 4.78 is 0. The van der Waals surface area contributed by atoms with Gasteiger partial charge >= 0.3 is 0 Å². The van der Waals surface area contributed by atoms with Crippen LogP contribution in [0.2, 0.25) is 0 Å². The predicted octanol–water partition coefficient (Wildman–Crippen LogP) is 3.95. The van der Waals surface area contributed by atoms with Crippen LogP contribution in [0, 0.1) is 13.3 Å². The zero-order valence-electron chi connectivity index (χ0n) is 8.78. The van der Waals surface area contributed by atoms with Crippen molar-refractivity contribution >= 4 is 0 Å². The van der Waals surface area contributed by atoms with Gasteiger partial charge in [-0.1, -0.05) is 40.0 Å². The van der Waals surface area contributed by atoms with Gasteiger partial charge in [-0.2, -0.15) is 7.05 Å². The second kappa shape index (κ2) is 22.5. The third-order valence-corrected chi connectivity index (χ3v) is 1.48. The summed E-state index contributed by atoms with van der Waals surface area (Å²) in [4.78, 5) is 0. The first kappa shape index (κ1) is 22.7. The van der Waals surface area contributed by atoms with E-state index in [4.69, 9.17) is 5.73 Å². The van der Waals surface area contributed by atoms with Gasteiger partial charge < -0.3 is 13.2 Å². The minimum Gasteiger partial charge on any atom is -0.680 e. The standard InChI is InChI=1S/C7H16.CH4N.CH3.Y/c1-4-6-7(3)5-2;1-2;;/h7H,4-6H2,1-3H3;2H,1H3;1H3;/q;2*-1;. The molecule has 1 N–H and O–H groups in total. The second-order valence-corrected chi connectivity index (χ2v) is 2.30. The summed E-state index contributed by atoms with van der Waals surface area (Å²) in [7, 11) is 1.25.